The molecule has 3 amide bonds. The highest BCUT2D eigenvalue weighted by Crippen LogP contribution is 2.32. The van der Waals surface area contributed by atoms with Crippen molar-refractivity contribution in [1.82, 2.24) is 10.6 Å². The van der Waals surface area contributed by atoms with E-state index in [1.54, 1.807) is 62.5 Å². The number of anilines is 1. The van der Waals surface area contributed by atoms with Crippen LogP contribution in [0.1, 0.15) is 37.3 Å². The van der Waals surface area contributed by atoms with E-state index in [-0.39, 0.29) is 6.42 Å². The maximum atomic E-state index is 12.9. The van der Waals surface area contributed by atoms with Crippen LogP contribution in [0.2, 0.25) is 0 Å². The second-order valence-corrected chi connectivity index (χ2v) is 9.24. The Kier molecular flexibility index (Phi) is 6.83. The number of thiophene rings is 1. The predicted octanol–water partition coefficient (Wildman–Crippen LogP) is 2.47. The third kappa shape index (κ3) is 5.44. The minimum atomic E-state index is -1.12. The maximum absolute atomic E-state index is 12.9. The SMILES string of the molecule is CC(C)(C)OC(=O)N[C@H](C(=O)NCC(=O)N1c2ccccc2CC1C(=O)O)c1cccs1. The topological polar surface area (TPSA) is 125 Å². The van der Waals surface area contributed by atoms with Crippen LogP contribution in [-0.2, 0) is 25.5 Å². The number of amides is 3. The number of hydrogen-bond acceptors (Lipinski definition) is 6. The molecule has 0 fully saturated rings. The largest absolute Gasteiger partial charge is 0.480 e. The summed E-state index contributed by atoms with van der Waals surface area (Å²) in [6.07, 6.45) is -0.569. The van der Waals surface area contributed by atoms with Gasteiger partial charge in [0.2, 0.25) is 11.8 Å². The number of ether oxygens (including phenoxy) is 1. The molecule has 3 rings (SSSR count). The number of aliphatic carboxylic acids is 1. The second-order valence-electron chi connectivity index (χ2n) is 8.26. The summed E-state index contributed by atoms with van der Waals surface area (Å²) in [5.74, 6) is -2.28. The predicted molar refractivity (Wildman–Crippen MR) is 118 cm³/mol. The first-order chi connectivity index (χ1) is 15.1. The lowest BCUT2D eigenvalue weighted by Gasteiger charge is -2.24. The number of para-hydroxylation sites is 1. The number of fused-ring (bicyclic) bond motifs is 1. The van der Waals surface area contributed by atoms with Gasteiger partial charge >= 0.3 is 12.1 Å². The van der Waals surface area contributed by atoms with Crippen molar-refractivity contribution in [1.29, 1.82) is 0 Å². The fraction of sp³-hybridized carbons (Fsp3) is 0.364. The molecular formula is C22H25N3O6S. The summed E-state index contributed by atoms with van der Waals surface area (Å²) in [6.45, 7) is 4.70. The van der Waals surface area contributed by atoms with Crippen LogP contribution in [0.15, 0.2) is 41.8 Å². The van der Waals surface area contributed by atoms with Gasteiger partial charge in [0.25, 0.3) is 0 Å². The quantitative estimate of drug-likeness (QED) is 0.610. The van der Waals surface area contributed by atoms with Crippen LogP contribution in [0.3, 0.4) is 0 Å². The summed E-state index contributed by atoms with van der Waals surface area (Å²) in [5, 5.41) is 16.4. The molecule has 9 nitrogen and oxygen atoms in total. The van der Waals surface area contributed by atoms with Crippen molar-refractivity contribution < 1.29 is 29.0 Å². The first-order valence-electron chi connectivity index (χ1n) is 10.00. The van der Waals surface area contributed by atoms with Crippen LogP contribution in [0, 0.1) is 0 Å². The molecule has 0 saturated carbocycles. The molecule has 1 aromatic heterocycles. The van der Waals surface area contributed by atoms with Crippen LogP contribution < -0.4 is 15.5 Å². The fourth-order valence-corrected chi connectivity index (χ4v) is 4.16. The van der Waals surface area contributed by atoms with Crippen LogP contribution in [0.25, 0.3) is 0 Å². The van der Waals surface area contributed by atoms with Gasteiger partial charge in [-0.3, -0.25) is 14.5 Å². The highest BCUT2D eigenvalue weighted by atomic mass is 32.1. The van der Waals surface area contributed by atoms with E-state index in [0.29, 0.717) is 10.6 Å². The van der Waals surface area contributed by atoms with Gasteiger partial charge in [0, 0.05) is 17.0 Å². The average molecular weight is 460 g/mol. The van der Waals surface area contributed by atoms with Crippen LogP contribution in [-0.4, -0.2) is 47.2 Å². The molecule has 1 unspecified atom stereocenters. The maximum Gasteiger partial charge on any atom is 0.408 e. The number of benzene rings is 1. The summed E-state index contributed by atoms with van der Waals surface area (Å²) in [4.78, 5) is 51.4. The molecular weight excluding hydrogens is 434 g/mol. The van der Waals surface area contributed by atoms with Gasteiger partial charge in [0.15, 0.2) is 0 Å². The zero-order valence-corrected chi connectivity index (χ0v) is 18.8. The number of carboxylic acids is 1. The molecule has 32 heavy (non-hydrogen) atoms. The van der Waals surface area contributed by atoms with E-state index in [1.165, 1.54) is 16.2 Å². The molecule has 0 aliphatic carbocycles. The Labute approximate surface area is 189 Å². The third-order valence-corrected chi connectivity index (χ3v) is 5.63. The van der Waals surface area contributed by atoms with Gasteiger partial charge in [-0.05, 0) is 43.8 Å². The van der Waals surface area contributed by atoms with Crippen molar-refractivity contribution >= 4 is 40.9 Å². The second kappa shape index (κ2) is 9.39. The highest BCUT2D eigenvalue weighted by Gasteiger charge is 2.38. The lowest BCUT2D eigenvalue weighted by atomic mass is 10.1. The molecule has 170 valence electrons. The number of nitrogens with zero attached hydrogens (tertiary/aromatic N) is 1. The van der Waals surface area contributed by atoms with E-state index in [9.17, 15) is 24.3 Å². The van der Waals surface area contributed by atoms with E-state index in [4.69, 9.17) is 4.74 Å². The first kappa shape index (κ1) is 23.3. The number of carbonyl (C=O) groups is 4. The summed E-state index contributed by atoms with van der Waals surface area (Å²) < 4.78 is 5.24. The zero-order chi connectivity index (χ0) is 23.5. The van der Waals surface area contributed by atoms with E-state index >= 15 is 0 Å². The van der Waals surface area contributed by atoms with Gasteiger partial charge < -0.3 is 20.5 Å². The average Bonchev–Trinajstić information content (AvgIpc) is 3.36. The molecule has 0 bridgehead atoms. The normalized spacial score (nSPS) is 16.1. The molecule has 2 aromatic rings. The summed E-state index contributed by atoms with van der Waals surface area (Å²) in [6, 6.07) is 8.28. The van der Waals surface area contributed by atoms with Crippen molar-refractivity contribution in [3.8, 4) is 0 Å². The van der Waals surface area contributed by atoms with Gasteiger partial charge in [0.05, 0.1) is 6.54 Å². The molecule has 0 radical (unpaired) electrons. The molecule has 1 aliphatic heterocycles. The number of carboxylic acid groups (broad SMARTS) is 1. The minimum Gasteiger partial charge on any atom is -0.480 e. The van der Waals surface area contributed by atoms with Crippen LogP contribution in [0.5, 0.6) is 0 Å². The van der Waals surface area contributed by atoms with Crippen molar-refractivity contribution in [3.05, 3.63) is 52.2 Å². The smallest absolute Gasteiger partial charge is 0.408 e. The van der Waals surface area contributed by atoms with Gasteiger partial charge in [-0.2, -0.15) is 0 Å². The molecule has 10 heteroatoms. The molecule has 0 spiro atoms. The Morgan fingerprint density at radius 3 is 2.53 bits per heavy atom. The van der Waals surface area contributed by atoms with Gasteiger partial charge in [0.1, 0.15) is 17.7 Å². The van der Waals surface area contributed by atoms with Gasteiger partial charge in [-0.1, -0.05) is 24.3 Å². The summed E-state index contributed by atoms with van der Waals surface area (Å²) >= 11 is 1.27. The molecule has 2 heterocycles. The Balaban J connectivity index is 1.71. The Bertz CT molecular complexity index is 1010. The number of alkyl carbamates (subject to hydrolysis) is 1. The lowest BCUT2D eigenvalue weighted by Crippen LogP contribution is -2.49. The summed E-state index contributed by atoms with van der Waals surface area (Å²) in [7, 11) is 0. The lowest BCUT2D eigenvalue weighted by molar-refractivity contribution is -0.139. The monoisotopic (exact) mass is 459 g/mol. The van der Waals surface area contributed by atoms with E-state index in [1.807, 2.05) is 0 Å². The molecule has 1 aliphatic rings. The van der Waals surface area contributed by atoms with E-state index in [2.05, 4.69) is 10.6 Å². The third-order valence-electron chi connectivity index (χ3n) is 4.69. The number of carbonyl (C=O) groups excluding carboxylic acids is 3. The number of rotatable bonds is 6. The van der Waals surface area contributed by atoms with Crippen molar-refractivity contribution in [2.45, 2.75) is 44.9 Å². The summed E-state index contributed by atoms with van der Waals surface area (Å²) in [5.41, 5.74) is 0.523. The van der Waals surface area contributed by atoms with Crippen molar-refractivity contribution in [3.63, 3.8) is 0 Å². The molecule has 1 aromatic carbocycles. The Morgan fingerprint density at radius 2 is 1.91 bits per heavy atom. The van der Waals surface area contributed by atoms with Gasteiger partial charge in [-0.15, -0.1) is 11.3 Å². The standard InChI is InChI=1S/C22H25N3O6S/c1-22(2,3)31-21(30)24-18(16-9-6-10-32-16)19(27)23-12-17(26)25-14-8-5-4-7-13(14)11-15(25)20(28)29/h4-10,15,18H,11-12H2,1-3H3,(H,23,27)(H,24,30)(H,28,29)/t15?,18-/m0/s1. The number of nitrogens with one attached hydrogen (secondary N) is 2. The fourth-order valence-electron chi connectivity index (χ4n) is 3.39. The number of hydrogen-bond donors (Lipinski definition) is 3. The molecule has 2 atom stereocenters. The highest BCUT2D eigenvalue weighted by molar-refractivity contribution is 7.10. The first-order valence-corrected chi connectivity index (χ1v) is 10.9. The van der Waals surface area contributed by atoms with Crippen molar-refractivity contribution in [2.75, 3.05) is 11.4 Å². The van der Waals surface area contributed by atoms with Gasteiger partial charge in [-0.25, -0.2) is 9.59 Å². The minimum absolute atomic E-state index is 0.198. The van der Waals surface area contributed by atoms with E-state index in [0.717, 1.165) is 5.56 Å². The van der Waals surface area contributed by atoms with E-state index < -0.39 is 48.1 Å². The Hall–Kier alpha value is -3.40. The molecule has 0 saturated heterocycles. The van der Waals surface area contributed by atoms with Crippen LogP contribution in [0.4, 0.5) is 10.5 Å². The molecule has 3 N–H and O–H groups in total. The van der Waals surface area contributed by atoms with Crippen molar-refractivity contribution in [2.24, 2.45) is 0 Å². The zero-order valence-electron chi connectivity index (χ0n) is 18.0. The Morgan fingerprint density at radius 1 is 1.19 bits per heavy atom. The van der Waals surface area contributed by atoms with Crippen LogP contribution >= 0.6 is 11.3 Å².